The molecule has 6 nitrogen and oxygen atoms in total. The Morgan fingerprint density at radius 2 is 2.13 bits per heavy atom. The van der Waals surface area contributed by atoms with Gasteiger partial charge in [0, 0.05) is 12.1 Å². The topological polar surface area (TPSA) is 97.8 Å². The van der Waals surface area contributed by atoms with E-state index in [1.54, 1.807) is 24.3 Å². The normalized spacial score (nSPS) is 10.1. The third-order valence-electron chi connectivity index (χ3n) is 1.99. The second-order valence-corrected chi connectivity index (χ2v) is 2.98. The predicted octanol–water partition coefficient (Wildman–Crippen LogP) is 1.57. The van der Waals surface area contributed by atoms with Crippen molar-refractivity contribution in [3.8, 4) is 11.3 Å². The number of nitrogens with one attached hydrogen (secondary N) is 1. The average molecular weight is 204 g/mol. The maximum absolute atomic E-state index is 10.7. The smallest absolute Gasteiger partial charge is 0.278 e. The molecule has 3 N–H and O–H groups in total. The summed E-state index contributed by atoms with van der Waals surface area (Å²) in [5.41, 5.74) is 6.48. The number of nitrogens with zero attached hydrogens (tertiary/aromatic N) is 2. The van der Waals surface area contributed by atoms with Crippen LogP contribution in [0.25, 0.3) is 11.3 Å². The Labute approximate surface area is 84.9 Å². The quantitative estimate of drug-likeness (QED) is 0.572. The molecular weight excluding hydrogens is 196 g/mol. The SMILES string of the molecule is Nc1cc(-c2ccccc2[N+](=O)[O-])[nH]n1. The Hall–Kier alpha value is -2.37. The summed E-state index contributed by atoms with van der Waals surface area (Å²) in [6, 6.07) is 7.97. The molecule has 0 aliphatic heterocycles. The van der Waals surface area contributed by atoms with Gasteiger partial charge in [-0.3, -0.25) is 15.2 Å². The highest BCUT2D eigenvalue weighted by atomic mass is 16.6. The van der Waals surface area contributed by atoms with Gasteiger partial charge < -0.3 is 5.73 Å². The molecule has 0 saturated heterocycles. The molecule has 6 heteroatoms. The van der Waals surface area contributed by atoms with Gasteiger partial charge in [-0.15, -0.1) is 0 Å². The molecule has 0 radical (unpaired) electrons. The van der Waals surface area contributed by atoms with E-state index in [0.29, 0.717) is 17.1 Å². The minimum absolute atomic E-state index is 0.0288. The van der Waals surface area contributed by atoms with Gasteiger partial charge in [0.1, 0.15) is 5.82 Å². The number of para-hydroxylation sites is 1. The van der Waals surface area contributed by atoms with Crippen LogP contribution in [0, 0.1) is 10.1 Å². The van der Waals surface area contributed by atoms with E-state index < -0.39 is 4.92 Å². The van der Waals surface area contributed by atoms with E-state index in [1.165, 1.54) is 6.07 Å². The first-order valence-corrected chi connectivity index (χ1v) is 4.23. The number of nitrogen functional groups attached to an aromatic ring is 1. The fourth-order valence-electron chi connectivity index (χ4n) is 1.34. The minimum Gasteiger partial charge on any atom is -0.382 e. The first-order valence-electron chi connectivity index (χ1n) is 4.23. The van der Waals surface area contributed by atoms with E-state index in [2.05, 4.69) is 10.2 Å². The number of H-pyrrole nitrogens is 1. The molecule has 0 aliphatic carbocycles. The van der Waals surface area contributed by atoms with Gasteiger partial charge >= 0.3 is 0 Å². The van der Waals surface area contributed by atoms with Crippen molar-refractivity contribution in [2.75, 3.05) is 5.73 Å². The molecule has 1 heterocycles. The van der Waals surface area contributed by atoms with Gasteiger partial charge in [0.25, 0.3) is 5.69 Å². The number of hydrogen-bond donors (Lipinski definition) is 2. The Balaban J connectivity index is 2.57. The number of nitrogens with two attached hydrogens (primary N) is 1. The van der Waals surface area contributed by atoms with E-state index in [9.17, 15) is 10.1 Å². The van der Waals surface area contributed by atoms with Gasteiger partial charge in [-0.1, -0.05) is 12.1 Å². The van der Waals surface area contributed by atoms with E-state index in [1.807, 2.05) is 0 Å². The number of rotatable bonds is 2. The summed E-state index contributed by atoms with van der Waals surface area (Å²) in [7, 11) is 0. The van der Waals surface area contributed by atoms with Crippen LogP contribution in [-0.2, 0) is 0 Å². The molecule has 2 aromatic rings. The van der Waals surface area contributed by atoms with Crippen LogP contribution in [0.4, 0.5) is 11.5 Å². The summed E-state index contributed by atoms with van der Waals surface area (Å²) in [5, 5.41) is 17.1. The summed E-state index contributed by atoms with van der Waals surface area (Å²) in [6.45, 7) is 0. The second-order valence-electron chi connectivity index (χ2n) is 2.98. The molecule has 0 fully saturated rings. The van der Waals surface area contributed by atoms with E-state index >= 15 is 0 Å². The largest absolute Gasteiger partial charge is 0.382 e. The van der Waals surface area contributed by atoms with Gasteiger partial charge in [0.15, 0.2) is 0 Å². The zero-order valence-electron chi connectivity index (χ0n) is 7.68. The third-order valence-corrected chi connectivity index (χ3v) is 1.99. The van der Waals surface area contributed by atoms with Crippen LogP contribution < -0.4 is 5.73 Å². The van der Waals surface area contributed by atoms with Crippen molar-refractivity contribution >= 4 is 11.5 Å². The number of benzene rings is 1. The highest BCUT2D eigenvalue weighted by Gasteiger charge is 2.15. The zero-order chi connectivity index (χ0) is 10.8. The maximum Gasteiger partial charge on any atom is 0.278 e. The van der Waals surface area contributed by atoms with Crippen molar-refractivity contribution in [3.63, 3.8) is 0 Å². The molecule has 0 unspecified atom stereocenters. The molecule has 0 aliphatic rings. The zero-order valence-corrected chi connectivity index (χ0v) is 7.68. The van der Waals surface area contributed by atoms with Crippen molar-refractivity contribution in [3.05, 3.63) is 40.4 Å². The molecular formula is C9H8N4O2. The minimum atomic E-state index is -0.438. The van der Waals surface area contributed by atoms with Crippen molar-refractivity contribution in [1.82, 2.24) is 10.2 Å². The van der Waals surface area contributed by atoms with Gasteiger partial charge in [-0.2, -0.15) is 5.10 Å². The lowest BCUT2D eigenvalue weighted by molar-refractivity contribution is -0.384. The fourth-order valence-corrected chi connectivity index (χ4v) is 1.34. The number of aromatic amines is 1. The van der Waals surface area contributed by atoms with Crippen LogP contribution in [0.1, 0.15) is 0 Å². The number of nitro groups is 1. The van der Waals surface area contributed by atoms with Crippen LogP contribution >= 0.6 is 0 Å². The molecule has 1 aromatic carbocycles. The molecule has 2 rings (SSSR count). The average Bonchev–Trinajstić information content (AvgIpc) is 2.65. The highest BCUT2D eigenvalue weighted by Crippen LogP contribution is 2.28. The van der Waals surface area contributed by atoms with Crippen molar-refractivity contribution in [2.45, 2.75) is 0 Å². The number of aromatic nitrogens is 2. The Bertz CT molecular complexity index is 506. The Kier molecular flexibility index (Phi) is 2.09. The summed E-state index contributed by atoms with van der Waals surface area (Å²) < 4.78 is 0. The summed E-state index contributed by atoms with van der Waals surface area (Å²) in [6.07, 6.45) is 0. The van der Waals surface area contributed by atoms with E-state index in [0.717, 1.165) is 0 Å². The molecule has 0 bridgehead atoms. The summed E-state index contributed by atoms with van der Waals surface area (Å²) in [5.74, 6) is 0.308. The van der Waals surface area contributed by atoms with Crippen LogP contribution in [-0.4, -0.2) is 15.1 Å². The lowest BCUT2D eigenvalue weighted by Gasteiger charge is -1.98. The van der Waals surface area contributed by atoms with Gasteiger partial charge in [-0.25, -0.2) is 0 Å². The number of nitro benzene ring substituents is 1. The Morgan fingerprint density at radius 3 is 2.73 bits per heavy atom. The van der Waals surface area contributed by atoms with Gasteiger partial charge in [-0.05, 0) is 6.07 Å². The first-order chi connectivity index (χ1) is 7.18. The van der Waals surface area contributed by atoms with E-state index in [4.69, 9.17) is 5.73 Å². The van der Waals surface area contributed by atoms with Crippen LogP contribution in [0.15, 0.2) is 30.3 Å². The molecule has 1 aromatic heterocycles. The summed E-state index contributed by atoms with van der Waals surface area (Å²) in [4.78, 5) is 10.3. The first kappa shape index (κ1) is 9.20. The van der Waals surface area contributed by atoms with Gasteiger partial charge in [0.05, 0.1) is 16.2 Å². The van der Waals surface area contributed by atoms with E-state index in [-0.39, 0.29) is 5.69 Å². The standard InChI is InChI=1S/C9H8N4O2/c10-9-5-7(11-12-9)6-3-1-2-4-8(6)13(14)15/h1-5H,(H3,10,11,12). The summed E-state index contributed by atoms with van der Waals surface area (Å²) >= 11 is 0. The van der Waals surface area contributed by atoms with Crippen LogP contribution in [0.2, 0.25) is 0 Å². The molecule has 0 atom stereocenters. The fraction of sp³-hybridized carbons (Fsp3) is 0. The van der Waals surface area contributed by atoms with Crippen molar-refractivity contribution < 1.29 is 4.92 Å². The molecule has 0 spiro atoms. The second kappa shape index (κ2) is 3.41. The number of anilines is 1. The Morgan fingerprint density at radius 1 is 1.40 bits per heavy atom. The molecule has 15 heavy (non-hydrogen) atoms. The highest BCUT2D eigenvalue weighted by molar-refractivity contribution is 5.71. The third kappa shape index (κ3) is 1.64. The van der Waals surface area contributed by atoms with Crippen LogP contribution in [0.5, 0.6) is 0 Å². The van der Waals surface area contributed by atoms with Gasteiger partial charge in [0.2, 0.25) is 0 Å². The van der Waals surface area contributed by atoms with Crippen molar-refractivity contribution in [2.24, 2.45) is 0 Å². The maximum atomic E-state index is 10.7. The van der Waals surface area contributed by atoms with Crippen molar-refractivity contribution in [1.29, 1.82) is 0 Å². The molecule has 0 amide bonds. The molecule has 76 valence electrons. The van der Waals surface area contributed by atoms with Crippen LogP contribution in [0.3, 0.4) is 0 Å². The molecule has 0 saturated carbocycles. The monoisotopic (exact) mass is 204 g/mol. The predicted molar refractivity (Wildman–Crippen MR) is 55.1 cm³/mol. The number of hydrogen-bond acceptors (Lipinski definition) is 4. The lowest BCUT2D eigenvalue weighted by Crippen LogP contribution is -1.91. The lowest BCUT2D eigenvalue weighted by atomic mass is 10.1.